The highest BCUT2D eigenvalue weighted by molar-refractivity contribution is 8.68. The van der Waals surface area contributed by atoms with Crippen molar-refractivity contribution in [1.82, 2.24) is 4.72 Å². The molecule has 0 saturated carbocycles. The zero-order valence-corrected chi connectivity index (χ0v) is 6.38. The summed E-state index contributed by atoms with van der Waals surface area (Å²) in [6.45, 7) is -0.382. The summed E-state index contributed by atoms with van der Waals surface area (Å²) in [7, 11) is 1.03. The quantitative estimate of drug-likeness (QED) is 0.188. The first-order valence-electron chi connectivity index (χ1n) is 2.23. The lowest BCUT2D eigenvalue weighted by atomic mass is 10.7. The van der Waals surface area contributed by atoms with Crippen LogP contribution in [0.3, 0.4) is 0 Å². The van der Waals surface area contributed by atoms with Crippen LogP contribution in [-0.2, 0) is 0 Å². The van der Waals surface area contributed by atoms with E-state index in [-0.39, 0.29) is 12.5 Å². The van der Waals surface area contributed by atoms with Gasteiger partial charge in [0.2, 0.25) is 0 Å². The van der Waals surface area contributed by atoms with Gasteiger partial charge >= 0.3 is 0 Å². The number of aliphatic imine (C=N–C) groups is 1. The molecule has 54 valence electrons. The third-order valence-corrected chi connectivity index (χ3v) is 1.09. The molecule has 0 bridgehead atoms. The molecule has 6 heteroatoms. The number of halogens is 1. The van der Waals surface area contributed by atoms with Crippen molar-refractivity contribution in [1.29, 1.82) is 0 Å². The van der Waals surface area contributed by atoms with Crippen molar-refractivity contribution in [2.75, 3.05) is 13.2 Å². The molecule has 0 aliphatic rings. The molecule has 0 aliphatic heterocycles. The Kier molecular flexibility index (Phi) is 5.96. The molecule has 9 heavy (non-hydrogen) atoms. The molecule has 0 fully saturated rings. The van der Waals surface area contributed by atoms with Crippen molar-refractivity contribution in [3.8, 4) is 0 Å². The van der Waals surface area contributed by atoms with E-state index in [1.165, 1.54) is 0 Å². The fourth-order valence-electron chi connectivity index (χ4n) is 0.242. The molecule has 0 atom stereocenters. The van der Waals surface area contributed by atoms with Crippen LogP contribution >= 0.6 is 22.6 Å². The maximum absolute atomic E-state index is 11.4. The van der Waals surface area contributed by atoms with Crippen LogP contribution in [0.4, 0.5) is 4.39 Å². The number of alkyl halides is 1. The molecule has 0 aromatic heterocycles. The first-order valence-corrected chi connectivity index (χ1v) is 4.10. The molecule has 0 spiro atoms. The van der Waals surface area contributed by atoms with E-state index in [1.807, 2.05) is 0 Å². The molecule has 0 aliphatic carbocycles. The molecule has 0 unspecified atom stereocenters. The number of hydrogen-bond acceptors (Lipinski definition) is 3. The van der Waals surface area contributed by atoms with E-state index in [0.29, 0.717) is 0 Å². The minimum atomic E-state index is -0.486. The van der Waals surface area contributed by atoms with Crippen molar-refractivity contribution < 1.29 is 4.39 Å². The van der Waals surface area contributed by atoms with E-state index in [0.717, 1.165) is 11.0 Å². The summed E-state index contributed by atoms with van der Waals surface area (Å²) < 4.78 is 13.9. The summed E-state index contributed by atoms with van der Waals surface area (Å²) in [5, 5.41) is 0. The van der Waals surface area contributed by atoms with Crippen LogP contribution < -0.4 is 10.5 Å². The van der Waals surface area contributed by atoms with Crippen molar-refractivity contribution in [3.63, 3.8) is 0 Å². The van der Waals surface area contributed by atoms with E-state index in [2.05, 4.69) is 21.4 Å². The SMILES string of the molecule is NC(=NCCF)NSS. The van der Waals surface area contributed by atoms with Gasteiger partial charge in [-0.25, -0.2) is 4.39 Å². The van der Waals surface area contributed by atoms with Gasteiger partial charge in [-0.3, -0.25) is 9.71 Å². The number of nitrogens with two attached hydrogens (primary N) is 1. The molecular formula is C3H8FN3S2. The summed E-state index contributed by atoms with van der Waals surface area (Å²) in [5.74, 6) is 0.202. The van der Waals surface area contributed by atoms with Crippen molar-refractivity contribution in [3.05, 3.63) is 0 Å². The molecule has 0 saturated heterocycles. The van der Waals surface area contributed by atoms with E-state index in [1.54, 1.807) is 0 Å². The van der Waals surface area contributed by atoms with Crippen LogP contribution in [0.25, 0.3) is 0 Å². The van der Waals surface area contributed by atoms with Crippen LogP contribution in [0.15, 0.2) is 4.99 Å². The minimum absolute atomic E-state index is 0.104. The number of hydrogen-bond donors (Lipinski definition) is 3. The highest BCUT2D eigenvalue weighted by Crippen LogP contribution is 1.94. The number of thiol groups is 1. The molecule has 0 amide bonds. The molecule has 0 rings (SSSR count). The highest BCUT2D eigenvalue weighted by Gasteiger charge is 1.85. The van der Waals surface area contributed by atoms with Gasteiger partial charge in [0.1, 0.15) is 6.67 Å². The average Bonchev–Trinajstić information content (AvgIpc) is 1.85. The predicted octanol–water partition coefficient (Wildman–Crippen LogP) is 0.353. The molecule has 3 nitrogen and oxygen atoms in total. The molecule has 0 aromatic rings. The summed E-state index contributed by atoms with van der Waals surface area (Å²) in [5.41, 5.74) is 5.17. The Morgan fingerprint density at radius 1 is 1.89 bits per heavy atom. The van der Waals surface area contributed by atoms with Crippen LogP contribution in [0, 0.1) is 0 Å². The highest BCUT2D eigenvalue weighted by atomic mass is 33.1. The van der Waals surface area contributed by atoms with Gasteiger partial charge in [0.25, 0.3) is 0 Å². The first kappa shape index (κ1) is 8.90. The van der Waals surface area contributed by atoms with Crippen molar-refractivity contribution >= 4 is 28.6 Å². The first-order chi connectivity index (χ1) is 4.31. The fraction of sp³-hybridized carbons (Fsp3) is 0.667. The zero-order valence-electron chi connectivity index (χ0n) is 4.67. The Morgan fingerprint density at radius 3 is 3.00 bits per heavy atom. The van der Waals surface area contributed by atoms with Gasteiger partial charge in [-0.2, -0.15) is 0 Å². The van der Waals surface area contributed by atoms with Crippen LogP contribution in [0.5, 0.6) is 0 Å². The topological polar surface area (TPSA) is 50.4 Å². The molecule has 0 aromatic carbocycles. The number of nitrogens with zero attached hydrogens (tertiary/aromatic N) is 1. The van der Waals surface area contributed by atoms with Gasteiger partial charge in [0.05, 0.1) is 6.54 Å². The second-order valence-electron chi connectivity index (χ2n) is 1.15. The molecular weight excluding hydrogens is 161 g/mol. The van der Waals surface area contributed by atoms with Gasteiger partial charge in [-0.1, -0.05) is 11.7 Å². The van der Waals surface area contributed by atoms with Gasteiger partial charge in [-0.15, -0.1) is 0 Å². The fourth-order valence-corrected chi connectivity index (χ4v) is 0.680. The second-order valence-corrected chi connectivity index (χ2v) is 2.08. The summed E-state index contributed by atoms with van der Waals surface area (Å²) in [6, 6.07) is 0. The number of guanidine groups is 1. The third-order valence-electron chi connectivity index (χ3n) is 0.517. The second kappa shape index (κ2) is 6.03. The van der Waals surface area contributed by atoms with Gasteiger partial charge in [0, 0.05) is 11.0 Å². The Labute approximate surface area is 62.2 Å². The molecule has 0 heterocycles. The largest absolute Gasteiger partial charge is 0.369 e. The Hall–Kier alpha value is -0.100. The Balaban J connectivity index is 3.30. The van der Waals surface area contributed by atoms with E-state index in [4.69, 9.17) is 5.73 Å². The lowest BCUT2D eigenvalue weighted by Gasteiger charge is -1.96. The zero-order chi connectivity index (χ0) is 7.11. The van der Waals surface area contributed by atoms with Crippen LogP contribution in [-0.4, -0.2) is 19.2 Å². The van der Waals surface area contributed by atoms with Crippen molar-refractivity contribution in [2.24, 2.45) is 10.7 Å². The Morgan fingerprint density at radius 2 is 2.56 bits per heavy atom. The van der Waals surface area contributed by atoms with Crippen LogP contribution in [0.2, 0.25) is 0 Å². The normalized spacial score (nSPS) is 11.6. The Bertz CT molecular complexity index is 97.1. The lowest BCUT2D eigenvalue weighted by molar-refractivity contribution is 0.504. The monoisotopic (exact) mass is 169 g/mol. The smallest absolute Gasteiger partial charge is 0.199 e. The van der Waals surface area contributed by atoms with Crippen molar-refractivity contribution in [2.45, 2.75) is 0 Å². The van der Waals surface area contributed by atoms with Gasteiger partial charge < -0.3 is 5.73 Å². The third kappa shape index (κ3) is 5.78. The maximum Gasteiger partial charge on any atom is 0.199 e. The predicted molar refractivity (Wildman–Crippen MR) is 42.2 cm³/mol. The van der Waals surface area contributed by atoms with Gasteiger partial charge in [-0.05, 0) is 0 Å². The van der Waals surface area contributed by atoms with E-state index < -0.39 is 6.67 Å². The standard InChI is InChI=1S/C3H8FN3S2/c4-1-2-6-3(5)7-9-8/h8H,1-2H2,(H3,5,6,7). The molecule has 3 N–H and O–H groups in total. The van der Waals surface area contributed by atoms with Gasteiger partial charge in [0.15, 0.2) is 5.96 Å². The summed E-state index contributed by atoms with van der Waals surface area (Å²) in [6.07, 6.45) is 0. The van der Waals surface area contributed by atoms with E-state index >= 15 is 0 Å². The van der Waals surface area contributed by atoms with E-state index in [9.17, 15) is 4.39 Å². The number of rotatable bonds is 3. The van der Waals surface area contributed by atoms with Crippen LogP contribution in [0.1, 0.15) is 0 Å². The number of nitrogens with one attached hydrogen (secondary N) is 1. The summed E-state index contributed by atoms with van der Waals surface area (Å²) in [4.78, 5) is 3.57. The molecule has 0 radical (unpaired) electrons. The minimum Gasteiger partial charge on any atom is -0.369 e. The average molecular weight is 169 g/mol. The lowest BCUT2D eigenvalue weighted by Crippen LogP contribution is -2.25. The maximum atomic E-state index is 11.4. The summed E-state index contributed by atoms with van der Waals surface area (Å²) >= 11 is 3.73.